The fourth-order valence-electron chi connectivity index (χ4n) is 3.77. The highest BCUT2D eigenvalue weighted by Gasteiger charge is 2.73. The molecule has 4 nitrogen and oxygen atoms in total. The van der Waals surface area contributed by atoms with E-state index in [0.29, 0.717) is 25.7 Å². The molecule has 4 heteroatoms. The summed E-state index contributed by atoms with van der Waals surface area (Å²) < 4.78 is 0. The van der Waals surface area contributed by atoms with E-state index >= 15 is 0 Å². The molecule has 2 N–H and O–H groups in total. The molecule has 0 radical (unpaired) electrons. The Morgan fingerprint density at radius 2 is 1.13 bits per heavy atom. The minimum absolute atomic E-state index is 0.502. The molecule has 2 bridgehead atoms. The Labute approximate surface area is 88.3 Å². The van der Waals surface area contributed by atoms with Gasteiger partial charge in [-0.1, -0.05) is 13.8 Å². The summed E-state index contributed by atoms with van der Waals surface area (Å²) in [6, 6.07) is 0. The van der Waals surface area contributed by atoms with Crippen LogP contribution in [-0.2, 0) is 9.59 Å². The molecule has 2 aliphatic carbocycles. The molecule has 2 fully saturated rings. The number of carboxylic acids is 2. The Bertz CT molecular complexity index is 302. The molecule has 0 aromatic rings. The van der Waals surface area contributed by atoms with Crippen molar-refractivity contribution in [1.82, 2.24) is 0 Å². The predicted octanol–water partition coefficient (Wildman–Crippen LogP) is 1.74. The van der Waals surface area contributed by atoms with Crippen LogP contribution in [0, 0.1) is 16.2 Å². The minimum Gasteiger partial charge on any atom is -0.481 e. The first-order chi connectivity index (χ1) is 6.80. The van der Waals surface area contributed by atoms with Crippen LogP contribution in [0.5, 0.6) is 0 Å². The van der Waals surface area contributed by atoms with Crippen molar-refractivity contribution in [3.05, 3.63) is 0 Å². The first-order valence-electron chi connectivity index (χ1n) is 5.27. The SMILES string of the molecule is CC1(C)C2(C(=O)O)CCC1(C(=O)O)CC2. The number of carbonyl (C=O) groups is 2. The molecule has 0 aromatic carbocycles. The van der Waals surface area contributed by atoms with Gasteiger partial charge >= 0.3 is 11.9 Å². The highest BCUT2D eigenvalue weighted by atomic mass is 16.4. The number of aliphatic carboxylic acids is 2. The van der Waals surface area contributed by atoms with Crippen molar-refractivity contribution in [3.8, 4) is 0 Å². The third kappa shape index (κ3) is 0.840. The molecular weight excluding hydrogens is 196 g/mol. The molecule has 15 heavy (non-hydrogen) atoms. The quantitative estimate of drug-likeness (QED) is 0.731. The second kappa shape index (κ2) is 2.54. The standard InChI is InChI=1S/C11H16O4/c1-9(2)10(7(12)13)3-4-11(9,6-5-10)8(14)15/h3-6H2,1-2H3,(H,12,13)(H,14,15). The Morgan fingerprint density at radius 1 is 0.867 bits per heavy atom. The van der Waals surface area contributed by atoms with Gasteiger partial charge in [0.15, 0.2) is 0 Å². The topological polar surface area (TPSA) is 74.6 Å². The van der Waals surface area contributed by atoms with Crippen molar-refractivity contribution < 1.29 is 19.8 Å². The normalized spacial score (nSPS) is 41.7. The van der Waals surface area contributed by atoms with Crippen LogP contribution in [-0.4, -0.2) is 22.2 Å². The van der Waals surface area contributed by atoms with Crippen LogP contribution in [0.1, 0.15) is 39.5 Å². The lowest BCUT2D eigenvalue weighted by Gasteiger charge is -2.37. The van der Waals surface area contributed by atoms with Crippen molar-refractivity contribution >= 4 is 11.9 Å². The van der Waals surface area contributed by atoms with Gasteiger partial charge in [-0.05, 0) is 31.1 Å². The second-order valence-corrected chi connectivity index (χ2v) is 5.40. The number of fused-ring (bicyclic) bond motifs is 2. The van der Waals surface area contributed by atoms with Crippen molar-refractivity contribution in [2.24, 2.45) is 16.2 Å². The smallest absolute Gasteiger partial charge is 0.310 e. The van der Waals surface area contributed by atoms with Gasteiger partial charge in [0.2, 0.25) is 0 Å². The Kier molecular flexibility index (Phi) is 1.77. The van der Waals surface area contributed by atoms with Crippen LogP contribution >= 0.6 is 0 Å². The zero-order valence-corrected chi connectivity index (χ0v) is 9.04. The van der Waals surface area contributed by atoms with Gasteiger partial charge in [0.05, 0.1) is 10.8 Å². The molecular formula is C11H16O4. The molecule has 0 aliphatic heterocycles. The summed E-state index contributed by atoms with van der Waals surface area (Å²) in [5, 5.41) is 18.7. The average Bonchev–Trinajstić information content (AvgIpc) is 2.51. The van der Waals surface area contributed by atoms with Crippen LogP contribution in [0.2, 0.25) is 0 Å². The maximum absolute atomic E-state index is 11.4. The molecule has 2 saturated carbocycles. The van der Waals surface area contributed by atoms with E-state index in [9.17, 15) is 19.8 Å². The van der Waals surface area contributed by atoms with Crippen LogP contribution < -0.4 is 0 Å². The number of carboxylic acid groups (broad SMARTS) is 2. The highest BCUT2D eigenvalue weighted by Crippen LogP contribution is 2.72. The lowest BCUT2D eigenvalue weighted by atomic mass is 9.64. The summed E-state index contributed by atoms with van der Waals surface area (Å²) in [6.07, 6.45) is 2.01. The first kappa shape index (κ1) is 10.5. The molecule has 2 rings (SSSR count). The molecule has 2 aliphatic rings. The zero-order chi connectivity index (χ0) is 11.5. The number of hydrogen-bond donors (Lipinski definition) is 2. The van der Waals surface area contributed by atoms with E-state index in [1.807, 2.05) is 0 Å². The molecule has 0 spiro atoms. The van der Waals surface area contributed by atoms with Crippen LogP contribution in [0.3, 0.4) is 0 Å². The average molecular weight is 212 g/mol. The fourth-order valence-corrected chi connectivity index (χ4v) is 3.77. The molecule has 0 amide bonds. The summed E-state index contributed by atoms with van der Waals surface area (Å²) in [5.41, 5.74) is -2.27. The zero-order valence-electron chi connectivity index (χ0n) is 9.04. The largest absolute Gasteiger partial charge is 0.481 e. The Hall–Kier alpha value is -1.06. The summed E-state index contributed by atoms with van der Waals surface area (Å²) in [6.45, 7) is 3.60. The second-order valence-electron chi connectivity index (χ2n) is 5.40. The maximum atomic E-state index is 11.4. The van der Waals surface area contributed by atoms with E-state index in [4.69, 9.17) is 0 Å². The summed E-state index contributed by atoms with van der Waals surface area (Å²) in [4.78, 5) is 22.7. The molecule has 84 valence electrons. The molecule has 0 aromatic heterocycles. The van der Waals surface area contributed by atoms with E-state index < -0.39 is 28.2 Å². The van der Waals surface area contributed by atoms with Crippen LogP contribution in [0.25, 0.3) is 0 Å². The lowest BCUT2D eigenvalue weighted by molar-refractivity contribution is -0.159. The van der Waals surface area contributed by atoms with Gasteiger partial charge in [-0.3, -0.25) is 9.59 Å². The molecule has 0 atom stereocenters. The van der Waals surface area contributed by atoms with Gasteiger partial charge in [-0.15, -0.1) is 0 Å². The van der Waals surface area contributed by atoms with E-state index in [0.717, 1.165) is 0 Å². The van der Waals surface area contributed by atoms with Gasteiger partial charge in [0.1, 0.15) is 0 Å². The maximum Gasteiger partial charge on any atom is 0.310 e. The van der Waals surface area contributed by atoms with Crippen molar-refractivity contribution in [3.63, 3.8) is 0 Å². The van der Waals surface area contributed by atoms with Gasteiger partial charge in [-0.25, -0.2) is 0 Å². The van der Waals surface area contributed by atoms with E-state index in [2.05, 4.69) is 0 Å². The van der Waals surface area contributed by atoms with Gasteiger partial charge in [0, 0.05) is 0 Å². The van der Waals surface area contributed by atoms with Crippen molar-refractivity contribution in [2.75, 3.05) is 0 Å². The van der Waals surface area contributed by atoms with Gasteiger partial charge in [0.25, 0.3) is 0 Å². The van der Waals surface area contributed by atoms with Gasteiger partial charge < -0.3 is 10.2 Å². The summed E-state index contributed by atoms with van der Waals surface area (Å²) in [7, 11) is 0. The van der Waals surface area contributed by atoms with E-state index in [1.165, 1.54) is 0 Å². The van der Waals surface area contributed by atoms with Crippen LogP contribution in [0.15, 0.2) is 0 Å². The fraction of sp³-hybridized carbons (Fsp3) is 0.818. The summed E-state index contributed by atoms with van der Waals surface area (Å²) in [5.74, 6) is -1.65. The lowest BCUT2D eigenvalue weighted by Crippen LogP contribution is -2.44. The third-order valence-corrected chi connectivity index (χ3v) is 5.17. The highest BCUT2D eigenvalue weighted by molar-refractivity contribution is 5.84. The van der Waals surface area contributed by atoms with E-state index in [-0.39, 0.29) is 0 Å². The molecule has 0 unspecified atom stereocenters. The van der Waals surface area contributed by atoms with Gasteiger partial charge in [-0.2, -0.15) is 0 Å². The Morgan fingerprint density at radius 3 is 1.27 bits per heavy atom. The van der Waals surface area contributed by atoms with E-state index in [1.54, 1.807) is 13.8 Å². The Balaban J connectivity index is 2.54. The first-order valence-corrected chi connectivity index (χ1v) is 5.27. The van der Waals surface area contributed by atoms with Crippen molar-refractivity contribution in [2.45, 2.75) is 39.5 Å². The number of rotatable bonds is 2. The monoisotopic (exact) mass is 212 g/mol. The predicted molar refractivity (Wildman–Crippen MR) is 52.4 cm³/mol. The summed E-state index contributed by atoms with van der Waals surface area (Å²) >= 11 is 0. The minimum atomic E-state index is -0.826. The molecule has 0 heterocycles. The molecule has 0 saturated heterocycles. The number of hydrogen-bond acceptors (Lipinski definition) is 2. The third-order valence-electron chi connectivity index (χ3n) is 5.17. The van der Waals surface area contributed by atoms with Crippen molar-refractivity contribution in [1.29, 1.82) is 0 Å². The van der Waals surface area contributed by atoms with Crippen LogP contribution in [0.4, 0.5) is 0 Å².